The van der Waals surface area contributed by atoms with Gasteiger partial charge >= 0.3 is 5.97 Å². The first kappa shape index (κ1) is 21.5. The predicted molar refractivity (Wildman–Crippen MR) is 105 cm³/mol. The quantitative estimate of drug-likeness (QED) is 0.647. The highest BCUT2D eigenvalue weighted by atomic mass is 16.6. The number of rotatable bonds is 8. The van der Waals surface area contributed by atoms with E-state index < -0.39 is 23.9 Å². The van der Waals surface area contributed by atoms with Crippen LogP contribution in [0.15, 0.2) is 36.4 Å². The van der Waals surface area contributed by atoms with E-state index in [0.29, 0.717) is 22.7 Å². The van der Waals surface area contributed by atoms with Crippen molar-refractivity contribution < 1.29 is 33.3 Å². The van der Waals surface area contributed by atoms with Crippen molar-refractivity contribution in [2.24, 2.45) is 5.73 Å². The molecule has 0 saturated carbocycles. The maximum atomic E-state index is 12.5. The first-order valence-corrected chi connectivity index (χ1v) is 8.52. The van der Waals surface area contributed by atoms with Gasteiger partial charge in [-0.2, -0.15) is 0 Å². The fourth-order valence-corrected chi connectivity index (χ4v) is 2.43. The summed E-state index contributed by atoms with van der Waals surface area (Å²) in [4.78, 5) is 36.0. The maximum Gasteiger partial charge on any atom is 0.342 e. The molecule has 0 spiro atoms. The van der Waals surface area contributed by atoms with E-state index in [-0.39, 0.29) is 11.3 Å². The van der Waals surface area contributed by atoms with Crippen molar-refractivity contribution in [2.45, 2.75) is 13.0 Å². The summed E-state index contributed by atoms with van der Waals surface area (Å²) in [6, 6.07) is 8.88. The van der Waals surface area contributed by atoms with Crippen molar-refractivity contribution >= 4 is 23.5 Å². The standard InChI is InChI=1S/C20H22N2O7/c1-11(19(24)22-13-7-5-12(6-8-13)18(21)23)29-20(25)14-9-16(27-3)17(28-4)10-15(14)26-2/h5-11H,1-4H3,(H2,21,23)(H,22,24)/t11-/m0/s1. The molecule has 0 aliphatic heterocycles. The van der Waals surface area contributed by atoms with Gasteiger partial charge in [0.25, 0.3) is 5.91 Å². The summed E-state index contributed by atoms with van der Waals surface area (Å²) in [5.41, 5.74) is 5.99. The summed E-state index contributed by atoms with van der Waals surface area (Å²) >= 11 is 0. The van der Waals surface area contributed by atoms with Crippen LogP contribution in [0.1, 0.15) is 27.6 Å². The fourth-order valence-electron chi connectivity index (χ4n) is 2.43. The summed E-state index contributed by atoms with van der Waals surface area (Å²) in [7, 11) is 4.28. The molecule has 29 heavy (non-hydrogen) atoms. The van der Waals surface area contributed by atoms with E-state index in [4.69, 9.17) is 24.7 Å². The van der Waals surface area contributed by atoms with Gasteiger partial charge in [0.1, 0.15) is 11.3 Å². The molecule has 0 heterocycles. The smallest absolute Gasteiger partial charge is 0.342 e. The molecule has 0 aromatic heterocycles. The number of ether oxygens (including phenoxy) is 4. The number of nitrogens with one attached hydrogen (secondary N) is 1. The second-order valence-electron chi connectivity index (χ2n) is 5.89. The highest BCUT2D eigenvalue weighted by molar-refractivity contribution is 5.99. The molecule has 2 rings (SSSR count). The molecule has 2 amide bonds. The monoisotopic (exact) mass is 402 g/mol. The van der Waals surface area contributed by atoms with Crippen molar-refractivity contribution in [3.8, 4) is 17.2 Å². The normalized spacial score (nSPS) is 11.2. The number of hydrogen-bond acceptors (Lipinski definition) is 7. The SMILES string of the molecule is COc1cc(OC)c(C(=O)O[C@@H](C)C(=O)Nc2ccc(C(N)=O)cc2)cc1OC. The molecule has 0 unspecified atom stereocenters. The van der Waals surface area contributed by atoms with Gasteiger partial charge in [-0.05, 0) is 31.2 Å². The zero-order valence-electron chi connectivity index (χ0n) is 16.5. The van der Waals surface area contributed by atoms with Crippen molar-refractivity contribution in [1.29, 1.82) is 0 Å². The summed E-state index contributed by atoms with van der Waals surface area (Å²) in [5, 5.41) is 2.59. The first-order valence-electron chi connectivity index (χ1n) is 8.52. The molecule has 2 aromatic rings. The van der Waals surface area contributed by atoms with E-state index in [9.17, 15) is 14.4 Å². The number of amides is 2. The average molecular weight is 402 g/mol. The first-order chi connectivity index (χ1) is 13.8. The van der Waals surface area contributed by atoms with Crippen LogP contribution in [0.5, 0.6) is 17.2 Å². The number of carbonyl (C=O) groups excluding carboxylic acids is 3. The number of esters is 1. The molecule has 0 fully saturated rings. The van der Waals surface area contributed by atoms with Crippen molar-refractivity contribution in [3.05, 3.63) is 47.5 Å². The number of nitrogens with two attached hydrogens (primary N) is 1. The van der Waals surface area contributed by atoms with Gasteiger partial charge in [0.05, 0.1) is 21.3 Å². The zero-order chi connectivity index (χ0) is 21.6. The molecular weight excluding hydrogens is 380 g/mol. The van der Waals surface area contributed by atoms with E-state index >= 15 is 0 Å². The van der Waals surface area contributed by atoms with Gasteiger partial charge in [-0.25, -0.2) is 4.79 Å². The molecule has 0 aliphatic rings. The second kappa shape index (κ2) is 9.45. The molecule has 9 nitrogen and oxygen atoms in total. The molecule has 1 atom stereocenters. The Morgan fingerprint density at radius 1 is 0.897 bits per heavy atom. The Balaban J connectivity index is 2.11. The lowest BCUT2D eigenvalue weighted by Gasteiger charge is -2.16. The second-order valence-corrected chi connectivity index (χ2v) is 5.89. The number of carbonyl (C=O) groups is 3. The van der Waals surface area contributed by atoms with Crippen LogP contribution in [0.25, 0.3) is 0 Å². The van der Waals surface area contributed by atoms with E-state index in [1.54, 1.807) is 0 Å². The Morgan fingerprint density at radius 3 is 1.97 bits per heavy atom. The summed E-state index contributed by atoms with van der Waals surface area (Å²) < 4.78 is 20.8. The lowest BCUT2D eigenvalue weighted by atomic mass is 10.1. The van der Waals surface area contributed by atoms with Crippen LogP contribution in [-0.4, -0.2) is 45.2 Å². The van der Waals surface area contributed by atoms with Crippen molar-refractivity contribution in [3.63, 3.8) is 0 Å². The molecule has 0 aliphatic carbocycles. The highest BCUT2D eigenvalue weighted by Gasteiger charge is 2.24. The third-order valence-electron chi connectivity index (χ3n) is 4.02. The van der Waals surface area contributed by atoms with Crippen molar-refractivity contribution in [1.82, 2.24) is 0 Å². The molecule has 9 heteroatoms. The van der Waals surface area contributed by atoms with Gasteiger partial charge in [-0.15, -0.1) is 0 Å². The largest absolute Gasteiger partial charge is 0.496 e. The molecule has 0 radical (unpaired) electrons. The van der Waals surface area contributed by atoms with Gasteiger partial charge in [0, 0.05) is 23.4 Å². The lowest BCUT2D eigenvalue weighted by molar-refractivity contribution is -0.123. The molecule has 3 N–H and O–H groups in total. The fraction of sp³-hybridized carbons (Fsp3) is 0.250. The Kier molecular flexibility index (Phi) is 7.02. The molecule has 154 valence electrons. The number of benzene rings is 2. The predicted octanol–water partition coefficient (Wildman–Crippen LogP) is 2.00. The van der Waals surface area contributed by atoms with E-state index in [0.717, 1.165) is 0 Å². The molecule has 0 saturated heterocycles. The number of anilines is 1. The number of primary amides is 1. The van der Waals surface area contributed by atoms with Gasteiger partial charge in [0.15, 0.2) is 17.6 Å². The van der Waals surface area contributed by atoms with Crippen LogP contribution in [0, 0.1) is 0 Å². The van der Waals surface area contributed by atoms with Crippen LogP contribution in [0.3, 0.4) is 0 Å². The Hall–Kier alpha value is -3.75. The Bertz CT molecular complexity index is 910. The zero-order valence-corrected chi connectivity index (χ0v) is 16.5. The minimum Gasteiger partial charge on any atom is -0.496 e. The van der Waals surface area contributed by atoms with Crippen LogP contribution >= 0.6 is 0 Å². The average Bonchev–Trinajstić information content (AvgIpc) is 2.72. The number of hydrogen-bond donors (Lipinski definition) is 2. The lowest BCUT2D eigenvalue weighted by Crippen LogP contribution is -2.30. The van der Waals surface area contributed by atoms with Gasteiger partial charge in [0.2, 0.25) is 5.91 Å². The third-order valence-corrected chi connectivity index (χ3v) is 4.02. The van der Waals surface area contributed by atoms with Crippen molar-refractivity contribution in [2.75, 3.05) is 26.6 Å². The topological polar surface area (TPSA) is 126 Å². The Morgan fingerprint density at radius 2 is 1.45 bits per heavy atom. The summed E-state index contributed by atoms with van der Waals surface area (Å²) in [6.07, 6.45) is -1.10. The van der Waals surface area contributed by atoms with Gasteiger partial charge in [-0.1, -0.05) is 0 Å². The maximum absolute atomic E-state index is 12.5. The van der Waals surface area contributed by atoms with Crippen LogP contribution in [0.4, 0.5) is 5.69 Å². The minimum absolute atomic E-state index is 0.0793. The molecular formula is C20H22N2O7. The highest BCUT2D eigenvalue weighted by Crippen LogP contribution is 2.35. The van der Waals surface area contributed by atoms with Gasteiger partial charge < -0.3 is 30.0 Å². The van der Waals surface area contributed by atoms with E-state index in [1.807, 2.05) is 0 Å². The number of methoxy groups -OCH3 is 3. The van der Waals surface area contributed by atoms with Crippen LogP contribution in [-0.2, 0) is 9.53 Å². The Labute approximate surface area is 167 Å². The molecule has 2 aromatic carbocycles. The van der Waals surface area contributed by atoms with Crippen LogP contribution in [0.2, 0.25) is 0 Å². The summed E-state index contributed by atoms with van der Waals surface area (Å²) in [5.74, 6) is -0.992. The van der Waals surface area contributed by atoms with E-state index in [1.165, 1.54) is 64.7 Å². The summed E-state index contributed by atoms with van der Waals surface area (Å²) in [6.45, 7) is 1.43. The van der Waals surface area contributed by atoms with Gasteiger partial charge in [-0.3, -0.25) is 9.59 Å². The minimum atomic E-state index is -1.10. The van der Waals surface area contributed by atoms with Crippen LogP contribution < -0.4 is 25.3 Å². The third kappa shape index (κ3) is 5.16. The van der Waals surface area contributed by atoms with E-state index in [2.05, 4.69) is 5.32 Å². The molecule has 0 bridgehead atoms.